The number of hydrogen-bond donors (Lipinski definition) is 2. The van der Waals surface area contributed by atoms with Crippen molar-refractivity contribution in [3.05, 3.63) is 112 Å². The van der Waals surface area contributed by atoms with Crippen molar-refractivity contribution in [1.29, 1.82) is 5.26 Å². The van der Waals surface area contributed by atoms with E-state index < -0.39 is 6.04 Å². The topological polar surface area (TPSA) is 113 Å². The maximum atomic E-state index is 13.6. The molecule has 8 nitrogen and oxygen atoms in total. The third-order valence-corrected chi connectivity index (χ3v) is 7.17. The fraction of sp³-hybridized carbons (Fsp3) is 0.138. The molecular formula is C29H25N5O3S. The van der Waals surface area contributed by atoms with E-state index in [1.54, 1.807) is 18.9 Å². The molecule has 9 heteroatoms. The number of hydrogen-bond acceptors (Lipinski definition) is 8. The smallest absolute Gasteiger partial charge is 0.255 e. The van der Waals surface area contributed by atoms with Crippen LogP contribution in [0.2, 0.25) is 0 Å². The molecule has 190 valence electrons. The number of para-hydroxylation sites is 1. The second-order valence-corrected chi connectivity index (χ2v) is 9.58. The van der Waals surface area contributed by atoms with Crippen molar-refractivity contribution >= 4 is 28.5 Å². The van der Waals surface area contributed by atoms with Gasteiger partial charge in [0, 0.05) is 5.69 Å². The molecule has 0 fully saturated rings. The standard InChI is InChI=1S/C29H25N5O3S/c1-18-25(28(35)33-21-11-7-4-8-12-21)26(34-27(31)24(16-30)38-29(34)32-18)20-13-14-22(23(15-20)36-2)37-17-19-9-5-3-6-10-19/h3-15,26H,17,31H2,1-2H3,(H,33,35)/t26-/m0/s1. The number of nitrogens with two attached hydrogens (primary N) is 1. The van der Waals surface area contributed by atoms with Gasteiger partial charge in [-0.1, -0.05) is 54.6 Å². The highest BCUT2D eigenvalue weighted by molar-refractivity contribution is 8.17. The van der Waals surface area contributed by atoms with E-state index in [1.807, 2.05) is 78.9 Å². The van der Waals surface area contributed by atoms with E-state index in [4.69, 9.17) is 15.2 Å². The van der Waals surface area contributed by atoms with Crippen molar-refractivity contribution < 1.29 is 14.3 Å². The molecule has 2 heterocycles. The molecule has 0 radical (unpaired) electrons. The van der Waals surface area contributed by atoms with Gasteiger partial charge >= 0.3 is 0 Å². The highest BCUT2D eigenvalue weighted by Gasteiger charge is 2.42. The minimum Gasteiger partial charge on any atom is -0.493 e. The van der Waals surface area contributed by atoms with Gasteiger partial charge in [0.05, 0.1) is 24.4 Å². The Morgan fingerprint density at radius 1 is 1.11 bits per heavy atom. The van der Waals surface area contributed by atoms with Gasteiger partial charge in [-0.25, -0.2) is 4.99 Å². The Labute approximate surface area is 225 Å². The molecule has 0 aliphatic carbocycles. The Balaban J connectivity index is 1.54. The average Bonchev–Trinajstić information content (AvgIpc) is 3.26. The third kappa shape index (κ3) is 4.82. The van der Waals surface area contributed by atoms with E-state index in [-0.39, 0.29) is 11.7 Å². The Kier molecular flexibility index (Phi) is 7.07. The van der Waals surface area contributed by atoms with Crippen LogP contribution in [0.25, 0.3) is 0 Å². The Morgan fingerprint density at radius 2 is 1.82 bits per heavy atom. The average molecular weight is 524 g/mol. The summed E-state index contributed by atoms with van der Waals surface area (Å²) in [6.07, 6.45) is 0. The largest absolute Gasteiger partial charge is 0.493 e. The normalized spacial score (nSPS) is 16.5. The number of anilines is 1. The fourth-order valence-corrected chi connectivity index (χ4v) is 5.29. The molecule has 2 aliphatic heterocycles. The zero-order chi connectivity index (χ0) is 26.6. The molecule has 0 spiro atoms. The quantitative estimate of drug-likeness (QED) is 0.432. The SMILES string of the molecule is COc1cc([C@H]2C(C(=O)Nc3ccccc3)=C(C)N=C3SC(C#N)=C(N)N32)ccc1OCc1ccccc1. The van der Waals surface area contributed by atoms with Gasteiger partial charge in [0.25, 0.3) is 5.91 Å². The Morgan fingerprint density at radius 3 is 2.50 bits per heavy atom. The van der Waals surface area contributed by atoms with Gasteiger partial charge in [-0.3, -0.25) is 9.69 Å². The van der Waals surface area contributed by atoms with Crippen molar-refractivity contribution in [3.8, 4) is 17.6 Å². The zero-order valence-electron chi connectivity index (χ0n) is 20.8. The van der Waals surface area contributed by atoms with Gasteiger partial charge in [0.15, 0.2) is 16.7 Å². The second-order valence-electron chi connectivity index (χ2n) is 8.60. The third-order valence-electron chi connectivity index (χ3n) is 6.19. The second kappa shape index (κ2) is 10.7. The summed E-state index contributed by atoms with van der Waals surface area (Å²) >= 11 is 1.19. The minimum atomic E-state index is -0.637. The molecule has 3 N–H and O–H groups in total. The number of nitrogens with zero attached hydrogens (tertiary/aromatic N) is 3. The van der Waals surface area contributed by atoms with Crippen LogP contribution in [0, 0.1) is 11.3 Å². The van der Waals surface area contributed by atoms with Crippen molar-refractivity contribution in [2.24, 2.45) is 10.7 Å². The van der Waals surface area contributed by atoms with Gasteiger partial charge in [-0.2, -0.15) is 5.26 Å². The highest BCUT2D eigenvalue weighted by Crippen LogP contribution is 2.46. The van der Waals surface area contributed by atoms with Crippen LogP contribution in [0.3, 0.4) is 0 Å². The number of amides is 1. The number of methoxy groups -OCH3 is 1. The number of carbonyl (C=O) groups is 1. The molecule has 38 heavy (non-hydrogen) atoms. The van der Waals surface area contributed by atoms with Crippen molar-refractivity contribution in [3.63, 3.8) is 0 Å². The van der Waals surface area contributed by atoms with E-state index >= 15 is 0 Å². The monoisotopic (exact) mass is 523 g/mol. The van der Waals surface area contributed by atoms with Gasteiger partial charge in [-0.05, 0) is 54.1 Å². The van der Waals surface area contributed by atoms with E-state index in [2.05, 4.69) is 16.4 Å². The number of nitrogens with one attached hydrogen (secondary N) is 1. The number of aliphatic imine (C=N–C) groups is 1. The summed E-state index contributed by atoms with van der Waals surface area (Å²) in [4.78, 5) is 20.3. The number of rotatable bonds is 7. The van der Waals surface area contributed by atoms with Gasteiger partial charge in [0.2, 0.25) is 0 Å². The lowest BCUT2D eigenvalue weighted by molar-refractivity contribution is -0.113. The molecule has 0 unspecified atom stereocenters. The van der Waals surface area contributed by atoms with E-state index in [0.29, 0.717) is 45.1 Å². The number of thioether (sulfide) groups is 1. The maximum absolute atomic E-state index is 13.6. The number of fused-ring (bicyclic) bond motifs is 1. The number of nitriles is 1. The van der Waals surface area contributed by atoms with Gasteiger partial charge in [-0.15, -0.1) is 0 Å². The Bertz CT molecular complexity index is 1510. The molecule has 0 saturated heterocycles. The van der Waals surface area contributed by atoms with E-state index in [0.717, 1.165) is 11.1 Å². The zero-order valence-corrected chi connectivity index (χ0v) is 21.7. The minimum absolute atomic E-state index is 0.252. The van der Waals surface area contributed by atoms with Crippen LogP contribution in [0.4, 0.5) is 5.69 Å². The van der Waals surface area contributed by atoms with Crippen molar-refractivity contribution in [1.82, 2.24) is 4.90 Å². The summed E-state index contributed by atoms with van der Waals surface area (Å²) in [6, 6.07) is 26.1. The first-order chi connectivity index (χ1) is 18.5. The number of allylic oxidation sites excluding steroid dienone is 2. The summed E-state index contributed by atoms with van der Waals surface area (Å²) in [5.74, 6) is 1.02. The predicted molar refractivity (Wildman–Crippen MR) is 148 cm³/mol. The van der Waals surface area contributed by atoms with Crippen LogP contribution >= 0.6 is 11.8 Å². The summed E-state index contributed by atoms with van der Waals surface area (Å²) in [5, 5.41) is 13.1. The number of ether oxygens (including phenoxy) is 2. The lowest BCUT2D eigenvalue weighted by Crippen LogP contribution is -2.39. The fourth-order valence-electron chi connectivity index (χ4n) is 4.38. The van der Waals surface area contributed by atoms with Gasteiger partial charge in [0.1, 0.15) is 23.4 Å². The summed E-state index contributed by atoms with van der Waals surface area (Å²) in [6.45, 7) is 2.16. The first kappa shape index (κ1) is 25.0. The van der Waals surface area contributed by atoms with E-state index in [1.165, 1.54) is 11.8 Å². The highest BCUT2D eigenvalue weighted by atomic mass is 32.2. The lowest BCUT2D eigenvalue weighted by atomic mass is 9.93. The van der Waals surface area contributed by atoms with Crippen LogP contribution < -0.4 is 20.5 Å². The molecule has 0 bridgehead atoms. The Hall–Kier alpha value is -4.68. The van der Waals surface area contributed by atoms with Crippen LogP contribution in [-0.2, 0) is 11.4 Å². The van der Waals surface area contributed by atoms with Gasteiger partial charge < -0.3 is 20.5 Å². The van der Waals surface area contributed by atoms with E-state index in [9.17, 15) is 10.1 Å². The number of amidine groups is 1. The summed E-state index contributed by atoms with van der Waals surface area (Å²) < 4.78 is 11.7. The maximum Gasteiger partial charge on any atom is 0.255 e. The van der Waals surface area contributed by atoms with Crippen LogP contribution in [0.5, 0.6) is 11.5 Å². The molecule has 2 aliphatic rings. The summed E-state index contributed by atoms with van der Waals surface area (Å²) in [7, 11) is 1.57. The number of carbonyl (C=O) groups excluding carboxylic acids is 1. The molecule has 3 aromatic carbocycles. The molecule has 0 aromatic heterocycles. The van der Waals surface area contributed by atoms with Crippen LogP contribution in [0.1, 0.15) is 24.1 Å². The molecule has 3 aromatic rings. The first-order valence-electron chi connectivity index (χ1n) is 11.9. The lowest BCUT2D eigenvalue weighted by Gasteiger charge is -2.35. The molecule has 5 rings (SSSR count). The molecule has 0 saturated carbocycles. The number of benzene rings is 3. The molecular weight excluding hydrogens is 498 g/mol. The summed E-state index contributed by atoms with van der Waals surface area (Å²) in [5.41, 5.74) is 9.80. The molecule has 1 amide bonds. The van der Waals surface area contributed by atoms with Crippen molar-refractivity contribution in [2.45, 2.75) is 19.6 Å². The van der Waals surface area contributed by atoms with Crippen molar-refractivity contribution in [2.75, 3.05) is 12.4 Å². The van der Waals surface area contributed by atoms with Crippen LogP contribution in [0.15, 0.2) is 106 Å². The molecule has 1 atom stereocenters. The first-order valence-corrected chi connectivity index (χ1v) is 12.7. The van der Waals surface area contributed by atoms with Crippen LogP contribution in [-0.4, -0.2) is 23.1 Å². The predicted octanol–water partition coefficient (Wildman–Crippen LogP) is 5.30.